The molecular formula is C17H24ClN3O2. The van der Waals surface area contributed by atoms with Gasteiger partial charge in [-0.3, -0.25) is 9.59 Å². The van der Waals surface area contributed by atoms with Gasteiger partial charge >= 0.3 is 0 Å². The number of pyridine rings is 1. The van der Waals surface area contributed by atoms with Gasteiger partial charge in [-0.1, -0.05) is 26.0 Å². The lowest BCUT2D eigenvalue weighted by molar-refractivity contribution is -0.131. The number of halogens is 1. The van der Waals surface area contributed by atoms with Gasteiger partial charge in [0.25, 0.3) is 0 Å². The summed E-state index contributed by atoms with van der Waals surface area (Å²) in [6.45, 7) is 5.39. The number of hydrogen-bond acceptors (Lipinski definition) is 3. The van der Waals surface area contributed by atoms with Crippen LogP contribution in [-0.2, 0) is 11.3 Å². The zero-order valence-electron chi connectivity index (χ0n) is 13.8. The van der Waals surface area contributed by atoms with E-state index in [0.717, 1.165) is 5.52 Å². The van der Waals surface area contributed by atoms with Crippen LogP contribution in [0.15, 0.2) is 41.3 Å². The van der Waals surface area contributed by atoms with Crippen molar-refractivity contribution in [1.82, 2.24) is 9.47 Å². The predicted molar refractivity (Wildman–Crippen MR) is 95.9 cm³/mol. The highest BCUT2D eigenvalue weighted by Gasteiger charge is 2.21. The van der Waals surface area contributed by atoms with Crippen molar-refractivity contribution in [2.24, 2.45) is 11.1 Å². The monoisotopic (exact) mass is 337 g/mol. The Bertz CT molecular complexity index is 740. The van der Waals surface area contributed by atoms with E-state index in [9.17, 15) is 9.59 Å². The van der Waals surface area contributed by atoms with E-state index in [0.29, 0.717) is 18.5 Å². The third kappa shape index (κ3) is 4.56. The van der Waals surface area contributed by atoms with Gasteiger partial charge in [0.1, 0.15) is 6.54 Å². The van der Waals surface area contributed by atoms with Gasteiger partial charge in [0.2, 0.25) is 5.91 Å². The highest BCUT2D eigenvalue weighted by atomic mass is 35.5. The van der Waals surface area contributed by atoms with Gasteiger partial charge in [-0.2, -0.15) is 0 Å². The van der Waals surface area contributed by atoms with Crippen LogP contribution in [0.25, 0.3) is 10.9 Å². The van der Waals surface area contributed by atoms with Crippen LogP contribution in [0.4, 0.5) is 0 Å². The molecule has 0 aliphatic heterocycles. The Labute approximate surface area is 142 Å². The Kier molecular flexibility index (Phi) is 6.36. The van der Waals surface area contributed by atoms with Crippen molar-refractivity contribution in [2.75, 3.05) is 20.1 Å². The van der Waals surface area contributed by atoms with Gasteiger partial charge in [0, 0.05) is 31.2 Å². The molecule has 5 nitrogen and oxygen atoms in total. The normalized spacial score (nSPS) is 11.1. The fraction of sp³-hybridized carbons (Fsp3) is 0.412. The molecule has 1 heterocycles. The fourth-order valence-corrected chi connectivity index (χ4v) is 2.46. The number of hydrogen-bond donors (Lipinski definition) is 1. The van der Waals surface area contributed by atoms with Crippen LogP contribution >= 0.6 is 12.4 Å². The molecule has 23 heavy (non-hydrogen) atoms. The molecule has 0 saturated carbocycles. The van der Waals surface area contributed by atoms with Gasteiger partial charge < -0.3 is 15.2 Å². The van der Waals surface area contributed by atoms with Crippen LogP contribution in [0.3, 0.4) is 0 Å². The molecule has 2 rings (SSSR count). The minimum atomic E-state index is -0.115. The molecule has 0 aliphatic carbocycles. The highest BCUT2D eigenvalue weighted by molar-refractivity contribution is 5.85. The first kappa shape index (κ1) is 19.2. The third-order valence-corrected chi connectivity index (χ3v) is 3.83. The number of para-hydroxylation sites is 1. The number of amides is 1. The van der Waals surface area contributed by atoms with E-state index in [1.807, 2.05) is 36.6 Å². The average molecular weight is 338 g/mol. The Morgan fingerprint density at radius 3 is 2.57 bits per heavy atom. The Morgan fingerprint density at radius 1 is 1.26 bits per heavy atom. The molecule has 2 aromatic rings. The lowest BCUT2D eigenvalue weighted by atomic mass is 9.93. The number of nitrogens with two attached hydrogens (primary N) is 1. The van der Waals surface area contributed by atoms with Crippen molar-refractivity contribution in [3.05, 3.63) is 46.8 Å². The lowest BCUT2D eigenvalue weighted by Gasteiger charge is -2.29. The molecule has 0 unspecified atom stereocenters. The van der Waals surface area contributed by atoms with Gasteiger partial charge in [-0.15, -0.1) is 12.4 Å². The van der Waals surface area contributed by atoms with Crippen LogP contribution in [0.5, 0.6) is 0 Å². The number of carbonyl (C=O) groups is 1. The molecule has 6 heteroatoms. The molecule has 0 spiro atoms. The maximum Gasteiger partial charge on any atom is 0.242 e. The summed E-state index contributed by atoms with van der Waals surface area (Å²) in [6.07, 6.45) is 1.67. The molecule has 0 radical (unpaired) electrons. The zero-order valence-corrected chi connectivity index (χ0v) is 14.6. The number of nitrogens with zero attached hydrogens (tertiary/aromatic N) is 2. The SMILES string of the molecule is CN(CC(C)(C)CN)C(=O)Cn1ccc(=O)c2ccccc21.Cl. The largest absolute Gasteiger partial charge is 0.344 e. The Balaban J connectivity index is 0.00000264. The van der Waals surface area contributed by atoms with E-state index in [4.69, 9.17) is 5.73 Å². The van der Waals surface area contributed by atoms with E-state index >= 15 is 0 Å². The third-order valence-electron chi connectivity index (χ3n) is 3.83. The van der Waals surface area contributed by atoms with E-state index < -0.39 is 0 Å². The van der Waals surface area contributed by atoms with Gasteiger partial charge in [0.05, 0.1) is 5.52 Å². The number of benzene rings is 1. The Morgan fingerprint density at radius 2 is 1.91 bits per heavy atom. The standard InChI is InChI=1S/C17H23N3O2.ClH/c1-17(2,11-18)12-19(3)16(22)10-20-9-8-15(21)13-6-4-5-7-14(13)20;/h4-9H,10-12,18H2,1-3H3;1H. The van der Waals surface area contributed by atoms with Crippen LogP contribution in [-0.4, -0.2) is 35.5 Å². The highest BCUT2D eigenvalue weighted by Crippen LogP contribution is 2.15. The second kappa shape index (κ2) is 7.62. The fourth-order valence-electron chi connectivity index (χ4n) is 2.46. The van der Waals surface area contributed by atoms with Gasteiger partial charge in [-0.25, -0.2) is 0 Å². The molecule has 2 N–H and O–H groups in total. The van der Waals surface area contributed by atoms with Gasteiger partial charge in [-0.05, 0) is 24.1 Å². The molecular weight excluding hydrogens is 314 g/mol. The Hall–Kier alpha value is -1.85. The summed E-state index contributed by atoms with van der Waals surface area (Å²) in [7, 11) is 1.78. The van der Waals surface area contributed by atoms with Crippen LogP contribution in [0, 0.1) is 5.41 Å². The van der Waals surface area contributed by atoms with Crippen LogP contribution < -0.4 is 11.2 Å². The molecule has 1 aromatic carbocycles. The maximum absolute atomic E-state index is 12.4. The molecule has 0 fully saturated rings. The molecule has 0 bridgehead atoms. The van der Waals surface area contributed by atoms with Crippen molar-refractivity contribution in [3.63, 3.8) is 0 Å². The molecule has 1 amide bonds. The summed E-state index contributed by atoms with van der Waals surface area (Å²) in [5.41, 5.74) is 6.35. The van der Waals surface area contributed by atoms with E-state index in [1.165, 1.54) is 6.07 Å². The zero-order chi connectivity index (χ0) is 16.3. The van der Waals surface area contributed by atoms with Crippen molar-refractivity contribution in [3.8, 4) is 0 Å². The minimum absolute atomic E-state index is 0. The van der Waals surface area contributed by atoms with Gasteiger partial charge in [0.15, 0.2) is 5.43 Å². The summed E-state index contributed by atoms with van der Waals surface area (Å²) in [4.78, 5) is 26.0. The number of aromatic nitrogens is 1. The average Bonchev–Trinajstić information content (AvgIpc) is 2.50. The van der Waals surface area contributed by atoms with Crippen molar-refractivity contribution >= 4 is 29.2 Å². The number of fused-ring (bicyclic) bond motifs is 1. The summed E-state index contributed by atoms with van der Waals surface area (Å²) >= 11 is 0. The van der Waals surface area contributed by atoms with Crippen LogP contribution in [0.1, 0.15) is 13.8 Å². The second-order valence-electron chi connectivity index (χ2n) is 6.44. The summed E-state index contributed by atoms with van der Waals surface area (Å²) in [5, 5.41) is 0.628. The first-order valence-corrected chi connectivity index (χ1v) is 7.36. The summed E-state index contributed by atoms with van der Waals surface area (Å²) in [6, 6.07) is 8.82. The number of carbonyl (C=O) groups excluding carboxylic acids is 1. The molecule has 1 aromatic heterocycles. The molecule has 0 saturated heterocycles. The number of likely N-dealkylation sites (N-methyl/N-ethyl adjacent to an activating group) is 1. The first-order chi connectivity index (χ1) is 10.3. The van der Waals surface area contributed by atoms with Crippen molar-refractivity contribution < 1.29 is 4.79 Å². The predicted octanol–water partition coefficient (Wildman–Crippen LogP) is 1.87. The van der Waals surface area contributed by atoms with E-state index in [2.05, 4.69) is 0 Å². The smallest absolute Gasteiger partial charge is 0.242 e. The molecule has 0 aliphatic rings. The molecule has 0 atom stereocenters. The number of rotatable bonds is 5. The topological polar surface area (TPSA) is 68.3 Å². The maximum atomic E-state index is 12.4. The minimum Gasteiger partial charge on any atom is -0.344 e. The second-order valence-corrected chi connectivity index (χ2v) is 6.44. The quantitative estimate of drug-likeness (QED) is 0.905. The van der Waals surface area contributed by atoms with E-state index in [-0.39, 0.29) is 35.7 Å². The van der Waals surface area contributed by atoms with Crippen molar-refractivity contribution in [1.29, 1.82) is 0 Å². The van der Waals surface area contributed by atoms with E-state index in [1.54, 1.807) is 24.2 Å². The van der Waals surface area contributed by atoms with Crippen LogP contribution in [0.2, 0.25) is 0 Å². The lowest BCUT2D eigenvalue weighted by Crippen LogP contribution is -2.41. The first-order valence-electron chi connectivity index (χ1n) is 7.36. The summed E-state index contributed by atoms with van der Waals surface area (Å²) < 4.78 is 1.81. The van der Waals surface area contributed by atoms with Crippen molar-refractivity contribution in [2.45, 2.75) is 20.4 Å². The summed E-state index contributed by atoms with van der Waals surface area (Å²) in [5.74, 6) is -0.00433. The molecule has 126 valence electrons.